The molecule has 1 rings (SSSR count). The van der Waals surface area contributed by atoms with Gasteiger partial charge in [0.2, 0.25) is 0 Å². The van der Waals surface area contributed by atoms with E-state index in [1.165, 1.54) is 25.7 Å². The van der Waals surface area contributed by atoms with Crippen LogP contribution in [-0.2, 0) is 4.74 Å². The fourth-order valence-corrected chi connectivity index (χ4v) is 3.37. The molecule has 0 aromatic carbocycles. The van der Waals surface area contributed by atoms with E-state index in [1.54, 1.807) is 0 Å². The summed E-state index contributed by atoms with van der Waals surface area (Å²) in [6.45, 7) is 13.1. The van der Waals surface area contributed by atoms with Crippen molar-refractivity contribution in [2.75, 3.05) is 6.54 Å². The van der Waals surface area contributed by atoms with Crippen molar-refractivity contribution in [2.45, 2.75) is 91.3 Å². The lowest BCUT2D eigenvalue weighted by atomic mass is 9.95. The van der Waals surface area contributed by atoms with E-state index in [9.17, 15) is 4.79 Å². The van der Waals surface area contributed by atoms with Gasteiger partial charge in [-0.3, -0.25) is 0 Å². The van der Waals surface area contributed by atoms with Gasteiger partial charge < -0.3 is 15.4 Å². The summed E-state index contributed by atoms with van der Waals surface area (Å²) in [4.78, 5) is 11.9. The minimum absolute atomic E-state index is 0.311. The molecule has 2 unspecified atom stereocenters. The summed E-state index contributed by atoms with van der Waals surface area (Å²) in [5.41, 5.74) is -0.439. The minimum Gasteiger partial charge on any atom is -0.444 e. The van der Waals surface area contributed by atoms with Gasteiger partial charge in [-0.15, -0.1) is 0 Å². The Morgan fingerprint density at radius 3 is 2.27 bits per heavy atom. The summed E-state index contributed by atoms with van der Waals surface area (Å²) in [5, 5.41) is 6.69. The van der Waals surface area contributed by atoms with Gasteiger partial charge in [-0.1, -0.05) is 26.7 Å². The van der Waals surface area contributed by atoms with E-state index in [1.807, 2.05) is 20.8 Å². The maximum atomic E-state index is 11.9. The van der Waals surface area contributed by atoms with Crippen LogP contribution in [0.1, 0.15) is 73.6 Å². The molecule has 0 aromatic heterocycles. The lowest BCUT2D eigenvalue weighted by Gasteiger charge is -2.30. The number of rotatable bonds is 7. The fraction of sp³-hybridized carbons (Fsp3) is 0.944. The van der Waals surface area contributed by atoms with Gasteiger partial charge in [0.15, 0.2) is 0 Å². The average molecular weight is 312 g/mol. The molecule has 0 bridgehead atoms. The molecule has 0 spiro atoms. The molecule has 0 aromatic rings. The molecule has 1 aliphatic carbocycles. The number of alkyl carbamates (subject to hydrolysis) is 1. The van der Waals surface area contributed by atoms with Crippen LogP contribution in [0.2, 0.25) is 0 Å². The molecular formula is C18H36N2O2. The Hall–Kier alpha value is -0.770. The monoisotopic (exact) mass is 312 g/mol. The molecule has 0 saturated heterocycles. The van der Waals surface area contributed by atoms with Gasteiger partial charge in [0, 0.05) is 18.6 Å². The van der Waals surface area contributed by atoms with E-state index in [0.29, 0.717) is 30.5 Å². The molecule has 1 saturated carbocycles. The number of carbonyl (C=O) groups excluding carboxylic acids is 1. The highest BCUT2D eigenvalue weighted by molar-refractivity contribution is 5.67. The van der Waals surface area contributed by atoms with Gasteiger partial charge in [0.25, 0.3) is 0 Å². The second-order valence-electron chi connectivity index (χ2n) is 8.23. The third-order valence-electron chi connectivity index (χ3n) is 4.16. The van der Waals surface area contributed by atoms with Gasteiger partial charge in [-0.05, 0) is 58.8 Å². The van der Waals surface area contributed by atoms with Crippen molar-refractivity contribution >= 4 is 6.09 Å². The van der Waals surface area contributed by atoms with Crippen molar-refractivity contribution in [1.29, 1.82) is 0 Å². The third-order valence-corrected chi connectivity index (χ3v) is 4.16. The Kier molecular flexibility index (Phi) is 7.67. The summed E-state index contributed by atoms with van der Waals surface area (Å²) in [5.74, 6) is 1.36. The fourth-order valence-electron chi connectivity index (χ4n) is 3.37. The number of nitrogens with one attached hydrogen (secondary N) is 2. The van der Waals surface area contributed by atoms with Crippen molar-refractivity contribution in [2.24, 2.45) is 11.8 Å². The normalized spacial score (nSPS) is 19.2. The number of hydrogen-bond acceptors (Lipinski definition) is 3. The van der Waals surface area contributed by atoms with Crippen molar-refractivity contribution in [1.82, 2.24) is 10.6 Å². The van der Waals surface area contributed by atoms with Crippen LogP contribution in [0.5, 0.6) is 0 Å². The van der Waals surface area contributed by atoms with Gasteiger partial charge in [0.1, 0.15) is 5.60 Å². The van der Waals surface area contributed by atoms with Gasteiger partial charge in [-0.25, -0.2) is 4.79 Å². The highest BCUT2D eigenvalue weighted by atomic mass is 16.6. The first-order valence-corrected chi connectivity index (χ1v) is 8.90. The Morgan fingerprint density at radius 1 is 1.18 bits per heavy atom. The summed E-state index contributed by atoms with van der Waals surface area (Å²) < 4.78 is 5.34. The van der Waals surface area contributed by atoms with E-state index in [-0.39, 0.29) is 6.09 Å². The van der Waals surface area contributed by atoms with Crippen LogP contribution in [0.3, 0.4) is 0 Å². The number of amides is 1. The van der Waals surface area contributed by atoms with Crippen molar-refractivity contribution in [3.05, 3.63) is 0 Å². The van der Waals surface area contributed by atoms with Gasteiger partial charge in [0.05, 0.1) is 0 Å². The highest BCUT2D eigenvalue weighted by Crippen LogP contribution is 2.28. The zero-order valence-corrected chi connectivity index (χ0v) is 15.4. The average Bonchev–Trinajstić information content (AvgIpc) is 2.84. The molecule has 130 valence electrons. The van der Waals surface area contributed by atoms with Crippen molar-refractivity contribution < 1.29 is 9.53 Å². The summed E-state index contributed by atoms with van der Waals surface area (Å²) in [6, 6.07) is 0.829. The molecule has 4 nitrogen and oxygen atoms in total. The Labute approximate surface area is 136 Å². The van der Waals surface area contributed by atoms with E-state index < -0.39 is 5.60 Å². The predicted octanol–water partition coefficient (Wildman–Crippen LogP) is 4.09. The molecule has 4 heteroatoms. The molecule has 0 aliphatic heterocycles. The van der Waals surface area contributed by atoms with E-state index >= 15 is 0 Å². The van der Waals surface area contributed by atoms with E-state index in [0.717, 1.165) is 6.42 Å². The number of hydrogen-bond donors (Lipinski definition) is 2. The molecule has 1 aliphatic rings. The van der Waals surface area contributed by atoms with Crippen LogP contribution in [-0.4, -0.2) is 30.3 Å². The topological polar surface area (TPSA) is 50.4 Å². The number of carbonyl (C=O) groups is 1. The zero-order chi connectivity index (χ0) is 16.8. The van der Waals surface area contributed by atoms with E-state index in [4.69, 9.17) is 4.74 Å². The second-order valence-corrected chi connectivity index (χ2v) is 8.23. The lowest BCUT2D eigenvalue weighted by Crippen LogP contribution is -2.49. The standard InChI is InChI=1S/C18H36N2O2/c1-13(2)11-14(3)20-16(15-9-7-8-10-15)12-19-17(21)22-18(4,5)6/h13-16,20H,7-12H2,1-6H3,(H,19,21). The third kappa shape index (κ3) is 8.02. The maximum absolute atomic E-state index is 11.9. The van der Waals surface area contributed by atoms with Crippen LogP contribution in [0.4, 0.5) is 4.79 Å². The second kappa shape index (κ2) is 8.76. The minimum atomic E-state index is -0.439. The highest BCUT2D eigenvalue weighted by Gasteiger charge is 2.27. The van der Waals surface area contributed by atoms with Crippen LogP contribution >= 0.6 is 0 Å². The first kappa shape index (κ1) is 19.3. The smallest absolute Gasteiger partial charge is 0.407 e. The molecule has 22 heavy (non-hydrogen) atoms. The first-order valence-electron chi connectivity index (χ1n) is 8.90. The Bertz CT molecular complexity index is 330. The largest absolute Gasteiger partial charge is 0.444 e. The van der Waals surface area contributed by atoms with E-state index in [2.05, 4.69) is 31.4 Å². The maximum Gasteiger partial charge on any atom is 0.407 e. The predicted molar refractivity (Wildman–Crippen MR) is 92.0 cm³/mol. The number of ether oxygens (including phenoxy) is 1. The van der Waals surface area contributed by atoms with Crippen LogP contribution < -0.4 is 10.6 Å². The van der Waals surface area contributed by atoms with Crippen molar-refractivity contribution in [3.8, 4) is 0 Å². The molecule has 1 fully saturated rings. The van der Waals surface area contributed by atoms with Gasteiger partial charge in [-0.2, -0.15) is 0 Å². The molecule has 2 atom stereocenters. The van der Waals surface area contributed by atoms with Crippen LogP contribution in [0.25, 0.3) is 0 Å². The van der Waals surface area contributed by atoms with Crippen molar-refractivity contribution in [3.63, 3.8) is 0 Å². The molecule has 1 amide bonds. The SMILES string of the molecule is CC(C)CC(C)NC(CNC(=O)OC(C)(C)C)C1CCCC1. The summed E-state index contributed by atoms with van der Waals surface area (Å²) in [6.07, 6.45) is 6.01. The first-order chi connectivity index (χ1) is 10.2. The van der Waals surface area contributed by atoms with Crippen LogP contribution in [0, 0.1) is 11.8 Å². The Balaban J connectivity index is 2.49. The zero-order valence-electron chi connectivity index (χ0n) is 15.4. The summed E-state index contributed by atoms with van der Waals surface area (Å²) in [7, 11) is 0. The van der Waals surface area contributed by atoms with Crippen LogP contribution in [0.15, 0.2) is 0 Å². The van der Waals surface area contributed by atoms with Gasteiger partial charge >= 0.3 is 6.09 Å². The molecule has 0 radical (unpaired) electrons. The lowest BCUT2D eigenvalue weighted by molar-refractivity contribution is 0.0516. The molecular weight excluding hydrogens is 276 g/mol. The summed E-state index contributed by atoms with van der Waals surface area (Å²) >= 11 is 0. The quantitative estimate of drug-likeness (QED) is 0.744. The Morgan fingerprint density at radius 2 is 1.77 bits per heavy atom. The molecule has 0 heterocycles. The molecule has 2 N–H and O–H groups in total.